The number of carbonyl (C=O) groups is 2. The summed E-state index contributed by atoms with van der Waals surface area (Å²) < 4.78 is 0. The molecule has 1 aromatic heterocycles. The lowest BCUT2D eigenvalue weighted by Crippen LogP contribution is -2.42. The van der Waals surface area contributed by atoms with Crippen LogP contribution in [0.2, 0.25) is 0 Å². The van der Waals surface area contributed by atoms with Crippen LogP contribution in [-0.2, 0) is 4.79 Å². The van der Waals surface area contributed by atoms with Crippen molar-refractivity contribution in [2.45, 2.75) is 13.0 Å². The first-order valence-corrected chi connectivity index (χ1v) is 5.31. The number of nitrogens with two attached hydrogens (primary N) is 2. The summed E-state index contributed by atoms with van der Waals surface area (Å²) in [4.78, 5) is 26.6. The molecule has 0 aromatic carbocycles. The van der Waals surface area contributed by atoms with Gasteiger partial charge in [0.1, 0.15) is 16.7 Å². The number of amides is 2. The SMILES string of the molecule is CNc1nc(N)c(C(=O)NC(C)C(N)=O)s1. The average molecular weight is 243 g/mol. The molecule has 0 spiro atoms. The zero-order valence-electron chi connectivity index (χ0n) is 8.90. The maximum atomic E-state index is 11.7. The average Bonchev–Trinajstić information content (AvgIpc) is 2.59. The lowest BCUT2D eigenvalue weighted by molar-refractivity contribution is -0.119. The molecule has 0 saturated carbocycles. The van der Waals surface area contributed by atoms with Crippen LogP contribution in [0.15, 0.2) is 0 Å². The zero-order chi connectivity index (χ0) is 12.3. The fourth-order valence-corrected chi connectivity index (χ4v) is 1.68. The van der Waals surface area contributed by atoms with Crippen molar-refractivity contribution in [3.05, 3.63) is 4.88 Å². The highest BCUT2D eigenvalue weighted by Crippen LogP contribution is 2.24. The fraction of sp³-hybridized carbons (Fsp3) is 0.375. The number of hydrogen-bond donors (Lipinski definition) is 4. The van der Waals surface area contributed by atoms with E-state index >= 15 is 0 Å². The van der Waals surface area contributed by atoms with Gasteiger partial charge in [0.05, 0.1) is 0 Å². The largest absolute Gasteiger partial charge is 0.382 e. The molecule has 8 heteroatoms. The summed E-state index contributed by atoms with van der Waals surface area (Å²) in [5.74, 6) is -0.934. The predicted molar refractivity (Wildman–Crippen MR) is 62.2 cm³/mol. The van der Waals surface area contributed by atoms with Gasteiger partial charge in [-0.2, -0.15) is 0 Å². The summed E-state index contributed by atoms with van der Waals surface area (Å²) in [5, 5.41) is 5.73. The molecule has 0 bridgehead atoms. The molecule has 1 atom stereocenters. The smallest absolute Gasteiger partial charge is 0.265 e. The van der Waals surface area contributed by atoms with Gasteiger partial charge in [0.25, 0.3) is 5.91 Å². The molecule has 1 aromatic rings. The van der Waals surface area contributed by atoms with Crippen LogP contribution in [0.5, 0.6) is 0 Å². The minimum Gasteiger partial charge on any atom is -0.382 e. The number of primary amides is 1. The maximum Gasteiger partial charge on any atom is 0.265 e. The number of nitrogen functional groups attached to an aromatic ring is 1. The van der Waals surface area contributed by atoms with Gasteiger partial charge in [-0.3, -0.25) is 9.59 Å². The molecule has 1 unspecified atom stereocenters. The van der Waals surface area contributed by atoms with Crippen molar-refractivity contribution in [2.24, 2.45) is 5.73 Å². The maximum absolute atomic E-state index is 11.7. The van der Waals surface area contributed by atoms with Crippen LogP contribution in [-0.4, -0.2) is 29.9 Å². The van der Waals surface area contributed by atoms with Gasteiger partial charge in [0, 0.05) is 7.05 Å². The molecular formula is C8H13N5O2S. The Bertz CT molecular complexity index is 417. The van der Waals surface area contributed by atoms with Gasteiger partial charge in [-0.05, 0) is 6.92 Å². The van der Waals surface area contributed by atoms with E-state index in [9.17, 15) is 9.59 Å². The molecule has 1 heterocycles. The van der Waals surface area contributed by atoms with Gasteiger partial charge < -0.3 is 22.1 Å². The second-order valence-electron chi connectivity index (χ2n) is 3.08. The highest BCUT2D eigenvalue weighted by Gasteiger charge is 2.19. The third-order valence-corrected chi connectivity index (χ3v) is 2.94. The van der Waals surface area contributed by atoms with E-state index in [1.54, 1.807) is 7.05 Å². The summed E-state index contributed by atoms with van der Waals surface area (Å²) in [6.07, 6.45) is 0. The summed E-state index contributed by atoms with van der Waals surface area (Å²) in [6.45, 7) is 1.50. The number of rotatable bonds is 4. The monoisotopic (exact) mass is 243 g/mol. The molecule has 6 N–H and O–H groups in total. The highest BCUT2D eigenvalue weighted by atomic mass is 32.1. The lowest BCUT2D eigenvalue weighted by atomic mass is 10.3. The summed E-state index contributed by atoms with van der Waals surface area (Å²) in [6, 6.07) is -0.743. The fourth-order valence-electron chi connectivity index (χ4n) is 0.935. The van der Waals surface area contributed by atoms with E-state index in [1.165, 1.54) is 6.92 Å². The Balaban J connectivity index is 2.80. The number of hydrogen-bond acceptors (Lipinski definition) is 6. The number of nitrogens with one attached hydrogen (secondary N) is 2. The van der Waals surface area contributed by atoms with Crippen molar-refractivity contribution >= 4 is 34.1 Å². The Morgan fingerprint density at radius 2 is 2.12 bits per heavy atom. The predicted octanol–water partition coefficient (Wildman–Crippen LogP) is -0.629. The molecule has 0 fully saturated rings. The molecule has 1 rings (SSSR count). The second kappa shape index (κ2) is 4.79. The van der Waals surface area contributed by atoms with Gasteiger partial charge >= 0.3 is 0 Å². The molecule has 0 saturated heterocycles. The quantitative estimate of drug-likeness (QED) is 0.560. The Morgan fingerprint density at radius 3 is 2.56 bits per heavy atom. The number of carbonyl (C=O) groups excluding carboxylic acids is 2. The van der Waals surface area contributed by atoms with Crippen LogP contribution in [0.4, 0.5) is 10.9 Å². The molecule has 0 aliphatic carbocycles. The van der Waals surface area contributed by atoms with E-state index in [-0.39, 0.29) is 10.7 Å². The lowest BCUT2D eigenvalue weighted by Gasteiger charge is -2.08. The minimum absolute atomic E-state index is 0.128. The molecule has 88 valence electrons. The van der Waals surface area contributed by atoms with Crippen molar-refractivity contribution in [3.63, 3.8) is 0 Å². The van der Waals surface area contributed by atoms with Crippen LogP contribution in [0.3, 0.4) is 0 Å². The first-order valence-electron chi connectivity index (χ1n) is 4.50. The van der Waals surface area contributed by atoms with E-state index in [4.69, 9.17) is 11.5 Å². The molecule has 2 amide bonds. The van der Waals surface area contributed by atoms with Crippen molar-refractivity contribution < 1.29 is 9.59 Å². The first-order chi connectivity index (χ1) is 7.45. The molecule has 0 aliphatic rings. The van der Waals surface area contributed by atoms with Crippen LogP contribution in [0.25, 0.3) is 0 Å². The normalized spacial score (nSPS) is 11.9. The number of aromatic nitrogens is 1. The third-order valence-electron chi connectivity index (χ3n) is 1.85. The van der Waals surface area contributed by atoms with Gasteiger partial charge in [0.15, 0.2) is 5.13 Å². The molecule has 0 aliphatic heterocycles. The van der Waals surface area contributed by atoms with Crippen LogP contribution in [0.1, 0.15) is 16.6 Å². The Morgan fingerprint density at radius 1 is 1.50 bits per heavy atom. The van der Waals surface area contributed by atoms with E-state index < -0.39 is 17.9 Å². The topological polar surface area (TPSA) is 123 Å². The summed E-state index contributed by atoms with van der Waals surface area (Å²) >= 11 is 1.11. The number of anilines is 2. The van der Waals surface area contributed by atoms with E-state index in [0.29, 0.717) is 5.13 Å². The molecule has 7 nitrogen and oxygen atoms in total. The minimum atomic E-state index is -0.743. The summed E-state index contributed by atoms with van der Waals surface area (Å²) in [5.41, 5.74) is 10.6. The van der Waals surface area contributed by atoms with Crippen LogP contribution in [0, 0.1) is 0 Å². The third kappa shape index (κ3) is 2.60. The first kappa shape index (κ1) is 12.2. The van der Waals surface area contributed by atoms with Crippen molar-refractivity contribution in [1.29, 1.82) is 0 Å². The van der Waals surface area contributed by atoms with Crippen molar-refractivity contribution in [2.75, 3.05) is 18.1 Å². The van der Waals surface area contributed by atoms with Gasteiger partial charge in [-0.25, -0.2) is 4.98 Å². The standard InChI is InChI=1S/C8H13N5O2S/c1-3(6(10)14)12-7(15)4-5(9)13-8(11-2)16-4/h3H,9H2,1-2H3,(H2,10,14)(H,11,13)(H,12,15). The Labute approximate surface area is 96.2 Å². The Hall–Kier alpha value is -1.83. The van der Waals surface area contributed by atoms with E-state index in [2.05, 4.69) is 15.6 Å². The highest BCUT2D eigenvalue weighted by molar-refractivity contribution is 7.18. The van der Waals surface area contributed by atoms with Gasteiger partial charge in [-0.1, -0.05) is 11.3 Å². The Kier molecular flexibility index (Phi) is 3.67. The summed E-state index contributed by atoms with van der Waals surface area (Å²) in [7, 11) is 1.67. The second-order valence-corrected chi connectivity index (χ2v) is 4.08. The molecular weight excluding hydrogens is 230 g/mol. The van der Waals surface area contributed by atoms with E-state index in [0.717, 1.165) is 11.3 Å². The van der Waals surface area contributed by atoms with Crippen LogP contribution < -0.4 is 22.1 Å². The zero-order valence-corrected chi connectivity index (χ0v) is 9.72. The number of nitrogens with zero attached hydrogens (tertiary/aromatic N) is 1. The van der Waals surface area contributed by atoms with E-state index in [1.807, 2.05) is 0 Å². The van der Waals surface area contributed by atoms with Crippen LogP contribution >= 0.6 is 11.3 Å². The molecule has 0 radical (unpaired) electrons. The van der Waals surface area contributed by atoms with Crippen molar-refractivity contribution in [3.8, 4) is 0 Å². The van der Waals surface area contributed by atoms with Gasteiger partial charge in [0.2, 0.25) is 5.91 Å². The van der Waals surface area contributed by atoms with Crippen molar-refractivity contribution in [1.82, 2.24) is 10.3 Å². The van der Waals surface area contributed by atoms with Gasteiger partial charge in [-0.15, -0.1) is 0 Å². The number of thiazole rings is 1. The molecule has 16 heavy (non-hydrogen) atoms.